The van der Waals surface area contributed by atoms with Gasteiger partial charge in [-0.15, -0.1) is 0 Å². The highest BCUT2D eigenvalue weighted by Gasteiger charge is 2.58. The summed E-state index contributed by atoms with van der Waals surface area (Å²) in [7, 11) is 5.09. The van der Waals surface area contributed by atoms with Gasteiger partial charge in [0.2, 0.25) is 11.6 Å². The fraction of sp³-hybridized carbons (Fsp3) is 0.471. The lowest BCUT2D eigenvalue weighted by Crippen LogP contribution is -2.70. The number of benzene rings is 3. The van der Waals surface area contributed by atoms with Crippen molar-refractivity contribution in [1.82, 2.24) is 15.1 Å². The third-order valence-electron chi connectivity index (χ3n) is 13.5. The molecule has 16 heteroatoms. The quantitative estimate of drug-likeness (QED) is 0.0552. The number of nitriles is 1. The second-order valence-corrected chi connectivity index (χ2v) is 19.7. The minimum Gasteiger partial charge on any atom is -0.507 e. The second-order valence-electron chi connectivity index (χ2n) is 18.6. The lowest BCUT2D eigenvalue weighted by atomic mass is 9.70. The van der Waals surface area contributed by atoms with E-state index in [9.17, 15) is 29.5 Å². The van der Waals surface area contributed by atoms with Crippen molar-refractivity contribution >= 4 is 35.4 Å². The maximum absolute atomic E-state index is 14.5. The average molecular weight is 935 g/mol. The largest absolute Gasteiger partial charge is 0.507 e. The number of fused-ring (bicyclic) bond motifs is 9. The van der Waals surface area contributed by atoms with Crippen molar-refractivity contribution in [3.8, 4) is 28.7 Å². The number of rotatable bonds is 15. The molecule has 0 spiro atoms. The molecule has 1 amide bonds. The maximum Gasteiger partial charge on any atom is 0.408 e. The number of aliphatic hydroxyl groups excluding tert-OH is 1. The Balaban J connectivity index is 1.13. The number of methoxy groups -OCH3 is 2. The minimum atomic E-state index is -1.19. The molecule has 8 rings (SSSR count). The van der Waals surface area contributed by atoms with E-state index in [1.165, 1.54) is 29.8 Å². The molecule has 5 aliphatic rings. The van der Waals surface area contributed by atoms with Gasteiger partial charge in [-0.2, -0.15) is 17.0 Å². The molecule has 3 aromatic carbocycles. The number of thioether (sulfide) groups is 1. The molecule has 3 aromatic rings. The predicted octanol–water partition coefficient (Wildman–Crippen LogP) is 6.51. The van der Waals surface area contributed by atoms with Crippen LogP contribution in [0.25, 0.3) is 11.1 Å². The lowest BCUT2D eigenvalue weighted by molar-refractivity contribution is -0.150. The van der Waals surface area contributed by atoms with Crippen molar-refractivity contribution < 1.29 is 52.7 Å². The van der Waals surface area contributed by atoms with E-state index in [2.05, 4.69) is 40.6 Å². The number of Topliss-reactive ketones (excluding diaryl/α,β-unsaturated/α-hetero) is 2. The highest BCUT2D eigenvalue weighted by Crippen LogP contribution is 2.54. The molecule has 15 nitrogen and oxygen atoms in total. The zero-order valence-corrected chi connectivity index (χ0v) is 40.0. The van der Waals surface area contributed by atoms with Crippen LogP contribution < -0.4 is 14.8 Å². The predicted molar refractivity (Wildman–Crippen MR) is 250 cm³/mol. The number of allylic oxidation sites excluding steroid dienone is 2. The molecule has 67 heavy (non-hydrogen) atoms. The van der Waals surface area contributed by atoms with Crippen LogP contribution in [0.4, 0.5) is 4.79 Å². The molecule has 2 N–H and O–H groups in total. The number of alkyl carbamates (subject to hydrolysis) is 1. The van der Waals surface area contributed by atoms with Crippen molar-refractivity contribution in [3.05, 3.63) is 105 Å². The number of nitrogens with zero attached hydrogens (tertiary/aromatic N) is 3. The van der Waals surface area contributed by atoms with E-state index in [-0.39, 0.29) is 47.4 Å². The van der Waals surface area contributed by atoms with Gasteiger partial charge in [0.15, 0.2) is 18.3 Å². The smallest absolute Gasteiger partial charge is 0.408 e. The first-order valence-corrected chi connectivity index (χ1v) is 23.7. The number of piperazine rings is 1. The second kappa shape index (κ2) is 19.5. The molecule has 354 valence electrons. The van der Waals surface area contributed by atoms with Gasteiger partial charge in [0.1, 0.15) is 30.1 Å². The molecule has 2 aliphatic carbocycles. The van der Waals surface area contributed by atoms with Crippen LogP contribution in [0.1, 0.15) is 73.9 Å². The van der Waals surface area contributed by atoms with Crippen LogP contribution in [0.3, 0.4) is 0 Å². The average Bonchev–Trinajstić information content (AvgIpc) is 3.61. The molecule has 3 aliphatic heterocycles. The Bertz CT molecular complexity index is 2530. The molecule has 1 saturated heterocycles. The molecule has 0 radical (unpaired) electrons. The van der Waals surface area contributed by atoms with Gasteiger partial charge in [-0.3, -0.25) is 19.4 Å². The van der Waals surface area contributed by atoms with Crippen LogP contribution in [0, 0.1) is 18.3 Å². The van der Waals surface area contributed by atoms with Crippen LogP contribution in [0.15, 0.2) is 77.1 Å². The summed E-state index contributed by atoms with van der Waals surface area (Å²) in [6, 6.07) is 16.3. The number of nitrogens with one attached hydrogen (secondary N) is 1. The third-order valence-corrected chi connectivity index (χ3v) is 14.6. The maximum atomic E-state index is 14.5. The van der Waals surface area contributed by atoms with Gasteiger partial charge in [-0.1, -0.05) is 54.6 Å². The molecule has 2 bridgehead atoms. The summed E-state index contributed by atoms with van der Waals surface area (Å²) >= 11 is 1.48. The van der Waals surface area contributed by atoms with Crippen molar-refractivity contribution in [2.75, 3.05) is 59.4 Å². The van der Waals surface area contributed by atoms with Gasteiger partial charge in [0, 0.05) is 58.9 Å². The Morgan fingerprint density at radius 2 is 1.66 bits per heavy atom. The van der Waals surface area contributed by atoms with E-state index < -0.39 is 72.1 Å². The monoisotopic (exact) mass is 934 g/mol. The van der Waals surface area contributed by atoms with E-state index in [4.69, 9.17) is 28.4 Å². The van der Waals surface area contributed by atoms with E-state index in [1.807, 2.05) is 49.2 Å². The van der Waals surface area contributed by atoms with E-state index in [1.54, 1.807) is 35.0 Å². The SMILES string of the molecule is COCCOCOc1c(OC)c(C)cc2c1[C@@H]1[C@@H]3CC4=C(C(=O)C(=O)C(C)=C4O)[C@H](COC(=O)[C@@H](CSCC4c5ccccc5-c5ccccc54)NC(=O)OC(C)(C)C)N3[C@@H](C#N)[C@@H](C2)N1C. The Hall–Kier alpha value is -5.70. The fourth-order valence-electron chi connectivity index (χ4n) is 10.6. The normalized spacial score (nSPS) is 22.8. The topological polar surface area (TPSA) is 186 Å². The highest BCUT2D eigenvalue weighted by atomic mass is 32.2. The van der Waals surface area contributed by atoms with Crippen molar-refractivity contribution in [2.45, 2.75) is 95.2 Å². The number of aliphatic hydroxyl groups is 1. The Kier molecular flexibility index (Phi) is 13.9. The van der Waals surface area contributed by atoms with E-state index in [0.717, 1.165) is 27.8 Å². The lowest BCUT2D eigenvalue weighted by Gasteiger charge is -2.60. The van der Waals surface area contributed by atoms with Gasteiger partial charge in [0.05, 0.1) is 38.5 Å². The number of ether oxygens (including phenoxy) is 6. The van der Waals surface area contributed by atoms with E-state index >= 15 is 0 Å². The van der Waals surface area contributed by atoms with Crippen molar-refractivity contribution in [2.24, 2.45) is 0 Å². The Morgan fingerprint density at radius 3 is 2.30 bits per heavy atom. The zero-order valence-electron chi connectivity index (χ0n) is 39.2. The summed E-state index contributed by atoms with van der Waals surface area (Å²) in [5.74, 6) is -1.08. The first kappa shape index (κ1) is 47.8. The van der Waals surface area contributed by atoms with Gasteiger partial charge in [-0.25, -0.2) is 9.59 Å². The van der Waals surface area contributed by atoms with E-state index in [0.29, 0.717) is 36.9 Å². The number of hydrogen-bond donors (Lipinski definition) is 2. The standard InChI is InChI=1S/C51H58N4O11S/c1-27-19-29-20-37-39(22-52)55-38(43(54(37)6)41(29)48(47(27)62-8)65-26-63-18-17-61-7)21-34-42(46(58)45(57)28(2)44(34)56)40(55)23-64-49(59)36(53-50(60)66-51(3,4)5)25-67-24-35-32-15-11-9-13-30(32)31-14-10-12-16-33(31)35/h9-16,19,35-40,43,56H,17-18,20-21,23-26H2,1-8H3,(H,53,60)/t36-,37-,38+,39+,40+,43+/m1/s1. The van der Waals surface area contributed by atoms with Gasteiger partial charge in [-0.05, 0) is 87.9 Å². The van der Waals surface area contributed by atoms with Gasteiger partial charge >= 0.3 is 12.1 Å². The fourth-order valence-corrected chi connectivity index (χ4v) is 11.8. The number of esters is 1. The number of carbonyl (C=O) groups is 4. The van der Waals surface area contributed by atoms with Crippen LogP contribution in [0.2, 0.25) is 0 Å². The zero-order chi connectivity index (χ0) is 47.9. The summed E-state index contributed by atoms with van der Waals surface area (Å²) in [5.41, 5.74) is 6.55. The molecule has 0 unspecified atom stereocenters. The van der Waals surface area contributed by atoms with Crippen molar-refractivity contribution in [1.29, 1.82) is 5.26 Å². The number of likely N-dealkylation sites (N-methyl/N-ethyl adjacent to an activating group) is 1. The number of hydrogen-bond acceptors (Lipinski definition) is 15. The number of ketones is 2. The van der Waals surface area contributed by atoms with Gasteiger partial charge < -0.3 is 38.8 Å². The Morgan fingerprint density at radius 1 is 0.970 bits per heavy atom. The highest BCUT2D eigenvalue weighted by molar-refractivity contribution is 7.99. The summed E-state index contributed by atoms with van der Waals surface area (Å²) in [5, 5.41) is 25.5. The molecule has 1 fully saturated rings. The minimum absolute atomic E-state index is 0.0191. The molecule has 0 aromatic heterocycles. The molecule has 3 heterocycles. The first-order chi connectivity index (χ1) is 32.1. The molecular formula is C51H58N4O11S. The Labute approximate surface area is 395 Å². The number of amides is 1. The summed E-state index contributed by atoms with van der Waals surface area (Å²) in [6.45, 7) is 8.60. The molecule has 0 saturated carbocycles. The van der Waals surface area contributed by atoms with Crippen LogP contribution >= 0.6 is 11.8 Å². The van der Waals surface area contributed by atoms with Crippen LogP contribution in [-0.2, 0) is 39.8 Å². The van der Waals surface area contributed by atoms with Crippen molar-refractivity contribution in [3.63, 3.8) is 0 Å². The third kappa shape index (κ3) is 8.95. The van der Waals surface area contributed by atoms with Crippen LogP contribution in [-0.4, -0.2) is 134 Å². The summed E-state index contributed by atoms with van der Waals surface area (Å²) < 4.78 is 35.0. The summed E-state index contributed by atoms with van der Waals surface area (Å²) in [4.78, 5) is 59.6. The first-order valence-electron chi connectivity index (χ1n) is 22.5. The summed E-state index contributed by atoms with van der Waals surface area (Å²) in [6.07, 6.45) is -0.315. The molecule has 6 atom stereocenters. The van der Waals surface area contributed by atoms with Crippen LogP contribution in [0.5, 0.6) is 11.5 Å². The molecular weight excluding hydrogens is 877 g/mol. The number of carbonyl (C=O) groups excluding carboxylic acids is 4. The number of aryl methyl sites for hydroxylation is 1. The van der Waals surface area contributed by atoms with Gasteiger partial charge in [0.25, 0.3) is 0 Å².